The minimum absolute atomic E-state index is 0.0628. The molecule has 2 N–H and O–H groups in total. The zero-order valence-electron chi connectivity index (χ0n) is 15.5. The van der Waals surface area contributed by atoms with Gasteiger partial charge < -0.3 is 0 Å². The van der Waals surface area contributed by atoms with Crippen LogP contribution >= 0.6 is 7.43 Å². The minimum atomic E-state index is -4.59. The summed E-state index contributed by atoms with van der Waals surface area (Å²) in [6.07, 6.45) is 0.0790. The third-order valence-electron chi connectivity index (χ3n) is 4.16. The number of hydrogen-bond acceptors (Lipinski definition) is 4. The van der Waals surface area contributed by atoms with E-state index >= 15 is 0 Å². The summed E-state index contributed by atoms with van der Waals surface area (Å²) in [6, 6.07) is 19.0. The Morgan fingerprint density at radius 3 is 1.68 bits per heavy atom. The molecular weight excluding hydrogens is 333 g/mol. The van der Waals surface area contributed by atoms with E-state index in [1.165, 1.54) is 0 Å². The molecule has 0 aliphatic heterocycles. The molecular formula is C20H30NO3P. The van der Waals surface area contributed by atoms with E-state index in [4.69, 9.17) is 4.52 Å². The predicted octanol–water partition coefficient (Wildman–Crippen LogP) is 4.72. The Morgan fingerprint density at radius 2 is 1.24 bits per heavy atom. The number of nitrogens with zero attached hydrogens (tertiary/aromatic N) is 1. The summed E-state index contributed by atoms with van der Waals surface area (Å²) in [5, 5.41) is 0. The van der Waals surface area contributed by atoms with Crippen molar-refractivity contribution in [2.24, 2.45) is 0 Å². The zero-order chi connectivity index (χ0) is 18.5. The third-order valence-corrected chi connectivity index (χ3v) is 7.59. The van der Waals surface area contributed by atoms with Gasteiger partial charge in [0.25, 0.3) is 0 Å². The molecule has 2 aromatic carbocycles. The standard InChI is InChI=1S/C20H30NO3P/c1-17(2)21(18(3)4)25(22,23,16-20-13-9-6-10-14-20)24-15-19-11-7-5-8-12-19/h5-14,17-18,22-23H,15-16H2,1-4H3. The topological polar surface area (TPSA) is 52.9 Å². The van der Waals surface area contributed by atoms with Crippen LogP contribution in [0.3, 0.4) is 0 Å². The summed E-state index contributed by atoms with van der Waals surface area (Å²) in [4.78, 5) is 23.2. The van der Waals surface area contributed by atoms with Gasteiger partial charge in [0.05, 0.1) is 0 Å². The van der Waals surface area contributed by atoms with Crippen LogP contribution in [0.5, 0.6) is 0 Å². The number of rotatable bonds is 8. The molecule has 0 aromatic heterocycles. The molecule has 0 aliphatic carbocycles. The van der Waals surface area contributed by atoms with E-state index in [1.54, 1.807) is 4.67 Å². The van der Waals surface area contributed by atoms with E-state index in [2.05, 4.69) is 0 Å². The molecule has 0 atom stereocenters. The van der Waals surface area contributed by atoms with Crippen molar-refractivity contribution in [3.05, 3.63) is 71.8 Å². The van der Waals surface area contributed by atoms with E-state index in [0.29, 0.717) is 0 Å². The van der Waals surface area contributed by atoms with Crippen molar-refractivity contribution in [2.45, 2.75) is 52.5 Å². The second-order valence-corrected chi connectivity index (χ2v) is 10.2. The predicted molar refractivity (Wildman–Crippen MR) is 105 cm³/mol. The van der Waals surface area contributed by atoms with Crippen LogP contribution in [-0.2, 0) is 17.3 Å². The van der Waals surface area contributed by atoms with Gasteiger partial charge in [-0.25, -0.2) is 0 Å². The van der Waals surface area contributed by atoms with Gasteiger partial charge in [0, 0.05) is 0 Å². The Balaban J connectivity index is 2.38. The second-order valence-electron chi connectivity index (χ2n) is 7.04. The molecule has 0 amide bonds. The van der Waals surface area contributed by atoms with Crippen LogP contribution in [-0.4, -0.2) is 26.5 Å². The second kappa shape index (κ2) is 7.94. The van der Waals surface area contributed by atoms with E-state index < -0.39 is 7.43 Å². The van der Waals surface area contributed by atoms with Crippen molar-refractivity contribution >= 4 is 7.43 Å². The zero-order valence-corrected chi connectivity index (χ0v) is 16.4. The molecule has 4 nitrogen and oxygen atoms in total. The Hall–Kier alpha value is -1.29. The summed E-state index contributed by atoms with van der Waals surface area (Å²) in [5.74, 6) is 0. The van der Waals surface area contributed by atoms with E-state index in [9.17, 15) is 9.79 Å². The van der Waals surface area contributed by atoms with E-state index in [-0.39, 0.29) is 24.9 Å². The summed E-state index contributed by atoms with van der Waals surface area (Å²) < 4.78 is 7.70. The van der Waals surface area contributed by atoms with Crippen molar-refractivity contribution in [3.8, 4) is 0 Å². The maximum absolute atomic E-state index is 11.6. The number of hydrogen-bond donors (Lipinski definition) is 2. The first-order valence-electron chi connectivity index (χ1n) is 8.74. The molecule has 0 fully saturated rings. The fourth-order valence-electron chi connectivity index (χ4n) is 3.40. The first-order valence-corrected chi connectivity index (χ1v) is 10.9. The van der Waals surface area contributed by atoms with Gasteiger partial charge in [0.15, 0.2) is 0 Å². The van der Waals surface area contributed by atoms with Crippen molar-refractivity contribution in [1.29, 1.82) is 0 Å². The quantitative estimate of drug-likeness (QED) is 0.667. The molecule has 0 heterocycles. The average Bonchev–Trinajstić information content (AvgIpc) is 2.54. The van der Waals surface area contributed by atoms with Crippen LogP contribution in [0.25, 0.3) is 0 Å². The molecule has 0 saturated heterocycles. The van der Waals surface area contributed by atoms with Crippen molar-refractivity contribution in [3.63, 3.8) is 0 Å². The summed E-state index contributed by atoms with van der Waals surface area (Å²) in [6.45, 7) is 8.01. The van der Waals surface area contributed by atoms with Crippen LogP contribution in [0.15, 0.2) is 60.7 Å². The van der Waals surface area contributed by atoms with Gasteiger partial charge >= 0.3 is 151 Å². The molecule has 2 rings (SSSR count). The fourth-order valence-corrected chi connectivity index (χ4v) is 6.91. The molecule has 0 unspecified atom stereocenters. The average molecular weight is 363 g/mol. The molecule has 5 heteroatoms. The molecule has 2 aromatic rings. The van der Waals surface area contributed by atoms with Gasteiger partial charge in [-0.05, 0) is 0 Å². The van der Waals surface area contributed by atoms with Gasteiger partial charge in [-0.1, -0.05) is 0 Å². The normalized spacial score (nSPS) is 14.0. The van der Waals surface area contributed by atoms with Crippen LogP contribution < -0.4 is 0 Å². The van der Waals surface area contributed by atoms with Crippen LogP contribution in [0, 0.1) is 0 Å². The van der Waals surface area contributed by atoms with Gasteiger partial charge in [-0.3, -0.25) is 0 Å². The van der Waals surface area contributed by atoms with Crippen molar-refractivity contribution < 1.29 is 14.3 Å². The summed E-state index contributed by atoms with van der Waals surface area (Å²) >= 11 is 0. The molecule has 0 radical (unpaired) electrons. The summed E-state index contributed by atoms with van der Waals surface area (Å²) in [5.41, 5.74) is 1.77. The first-order chi connectivity index (χ1) is 11.7. The number of benzene rings is 2. The molecule has 0 bridgehead atoms. The monoisotopic (exact) mass is 363 g/mol. The third kappa shape index (κ3) is 5.10. The van der Waals surface area contributed by atoms with Gasteiger partial charge in [-0.2, -0.15) is 0 Å². The van der Waals surface area contributed by atoms with Crippen LogP contribution in [0.4, 0.5) is 0 Å². The van der Waals surface area contributed by atoms with E-state index in [0.717, 1.165) is 11.1 Å². The van der Waals surface area contributed by atoms with Crippen molar-refractivity contribution in [1.82, 2.24) is 4.67 Å². The Morgan fingerprint density at radius 1 is 0.800 bits per heavy atom. The Labute approximate surface area is 151 Å². The molecule has 0 aliphatic rings. The van der Waals surface area contributed by atoms with Gasteiger partial charge in [0.2, 0.25) is 0 Å². The van der Waals surface area contributed by atoms with Gasteiger partial charge in [0.1, 0.15) is 0 Å². The Bertz CT molecular complexity index is 651. The fraction of sp³-hybridized carbons (Fsp3) is 0.400. The van der Waals surface area contributed by atoms with Crippen LogP contribution in [0.1, 0.15) is 38.8 Å². The maximum atomic E-state index is 11.6. The van der Waals surface area contributed by atoms with Crippen molar-refractivity contribution in [2.75, 3.05) is 0 Å². The van der Waals surface area contributed by atoms with Crippen LogP contribution in [0.2, 0.25) is 0 Å². The van der Waals surface area contributed by atoms with Gasteiger partial charge in [-0.15, -0.1) is 0 Å². The molecule has 138 valence electrons. The van der Waals surface area contributed by atoms with E-state index in [1.807, 2.05) is 88.4 Å². The molecule has 25 heavy (non-hydrogen) atoms. The molecule has 0 spiro atoms. The molecule has 0 saturated carbocycles. The summed E-state index contributed by atoms with van der Waals surface area (Å²) in [7, 11) is -4.59. The Kier molecular flexibility index (Phi) is 6.36. The first kappa shape index (κ1) is 20.0. The SMILES string of the molecule is CC(C)N(C(C)C)P(O)(O)(Cc1ccccc1)OCc1ccccc1.